The topological polar surface area (TPSA) is 81.5 Å². The van der Waals surface area contributed by atoms with E-state index in [1.807, 2.05) is 20.8 Å². The molecule has 0 atom stereocenters. The van der Waals surface area contributed by atoms with Crippen LogP contribution in [0.4, 0.5) is 5.69 Å². The van der Waals surface area contributed by atoms with E-state index in [-0.39, 0.29) is 22.2 Å². The highest BCUT2D eigenvalue weighted by Crippen LogP contribution is 2.24. The van der Waals surface area contributed by atoms with Crippen molar-refractivity contribution in [2.45, 2.75) is 26.4 Å². The average molecular weight is 301 g/mol. The monoisotopic (exact) mass is 300 g/mol. The molecule has 0 unspecified atom stereocenters. The van der Waals surface area contributed by atoms with Crippen molar-refractivity contribution in [3.05, 3.63) is 38.9 Å². The van der Waals surface area contributed by atoms with Gasteiger partial charge in [0.05, 0.1) is 10.5 Å². The molecule has 0 saturated heterocycles. The van der Waals surface area contributed by atoms with E-state index in [2.05, 4.69) is 5.32 Å². The third-order valence-corrected chi connectivity index (χ3v) is 2.92. The van der Waals surface area contributed by atoms with E-state index in [1.54, 1.807) is 0 Å². The molecular weight excluding hydrogens is 284 g/mol. The van der Waals surface area contributed by atoms with E-state index in [0.29, 0.717) is 13.2 Å². The van der Waals surface area contributed by atoms with E-state index in [9.17, 15) is 14.9 Å². The Morgan fingerprint density at radius 3 is 2.65 bits per heavy atom. The van der Waals surface area contributed by atoms with Gasteiger partial charge in [0.25, 0.3) is 11.6 Å². The molecule has 1 aromatic rings. The number of nitrogens with zero attached hydrogens (tertiary/aromatic N) is 1. The van der Waals surface area contributed by atoms with E-state index >= 15 is 0 Å². The Kier molecular flexibility index (Phi) is 5.47. The molecule has 7 heteroatoms. The van der Waals surface area contributed by atoms with Crippen LogP contribution in [-0.2, 0) is 4.74 Å². The van der Waals surface area contributed by atoms with Crippen LogP contribution in [0, 0.1) is 10.1 Å². The number of hydrogen-bond donors (Lipinski definition) is 1. The number of nitro benzene ring substituents is 1. The maximum absolute atomic E-state index is 11.9. The summed E-state index contributed by atoms with van der Waals surface area (Å²) in [5.41, 5.74) is -0.430. The molecule has 0 heterocycles. The Balaban J connectivity index is 2.74. The van der Waals surface area contributed by atoms with Gasteiger partial charge < -0.3 is 10.1 Å². The van der Waals surface area contributed by atoms with Gasteiger partial charge in [-0.1, -0.05) is 11.6 Å². The zero-order valence-corrected chi connectivity index (χ0v) is 12.4. The highest BCUT2D eigenvalue weighted by atomic mass is 35.5. The van der Waals surface area contributed by atoms with Crippen molar-refractivity contribution in [3.63, 3.8) is 0 Å². The number of carbonyl (C=O) groups is 1. The number of carbonyl (C=O) groups excluding carboxylic acids is 1. The standard InChI is InChI=1S/C13H17ClN2O4/c1-4-20-13(2,3)8-15-12(17)9-5-6-11(16(18)19)10(14)7-9/h5-7H,4,8H2,1-3H3,(H,15,17). The van der Waals surface area contributed by atoms with Gasteiger partial charge in [0.1, 0.15) is 5.02 Å². The molecule has 110 valence electrons. The molecule has 0 aromatic heterocycles. The minimum Gasteiger partial charge on any atom is -0.374 e. The lowest BCUT2D eigenvalue weighted by atomic mass is 10.1. The fraction of sp³-hybridized carbons (Fsp3) is 0.462. The Labute approximate surface area is 122 Å². The second-order valence-electron chi connectivity index (χ2n) is 4.80. The summed E-state index contributed by atoms with van der Waals surface area (Å²) in [6.45, 7) is 6.47. The van der Waals surface area contributed by atoms with Crippen LogP contribution in [-0.4, -0.2) is 29.6 Å². The van der Waals surface area contributed by atoms with Crippen molar-refractivity contribution in [1.82, 2.24) is 5.32 Å². The van der Waals surface area contributed by atoms with E-state index in [4.69, 9.17) is 16.3 Å². The van der Waals surface area contributed by atoms with Gasteiger partial charge in [0.15, 0.2) is 0 Å². The van der Waals surface area contributed by atoms with Crippen molar-refractivity contribution < 1.29 is 14.5 Å². The average Bonchev–Trinajstić information content (AvgIpc) is 2.35. The van der Waals surface area contributed by atoms with Crippen molar-refractivity contribution in [2.24, 2.45) is 0 Å². The Morgan fingerprint density at radius 2 is 2.15 bits per heavy atom. The molecule has 0 radical (unpaired) electrons. The van der Waals surface area contributed by atoms with Crippen LogP contribution in [0.5, 0.6) is 0 Å². The molecule has 0 bridgehead atoms. The smallest absolute Gasteiger partial charge is 0.287 e. The first-order valence-electron chi connectivity index (χ1n) is 6.13. The van der Waals surface area contributed by atoms with Gasteiger partial charge in [-0.05, 0) is 32.9 Å². The SMILES string of the molecule is CCOC(C)(C)CNC(=O)c1ccc([N+](=O)[O-])c(Cl)c1. The highest BCUT2D eigenvalue weighted by Gasteiger charge is 2.20. The predicted molar refractivity (Wildman–Crippen MR) is 76.1 cm³/mol. The molecule has 6 nitrogen and oxygen atoms in total. The fourth-order valence-corrected chi connectivity index (χ4v) is 1.88. The van der Waals surface area contributed by atoms with Crippen LogP contribution < -0.4 is 5.32 Å². The number of amides is 1. The van der Waals surface area contributed by atoms with Crippen LogP contribution in [0.3, 0.4) is 0 Å². The van der Waals surface area contributed by atoms with Gasteiger partial charge in [0.2, 0.25) is 0 Å². The minimum absolute atomic E-state index is 0.0632. The molecule has 0 aliphatic heterocycles. The summed E-state index contributed by atoms with van der Waals surface area (Å²) in [4.78, 5) is 22.0. The maximum Gasteiger partial charge on any atom is 0.287 e. The van der Waals surface area contributed by atoms with Crippen LogP contribution >= 0.6 is 11.6 Å². The number of nitro groups is 1. The van der Waals surface area contributed by atoms with Crippen molar-refractivity contribution in [1.29, 1.82) is 0 Å². The summed E-state index contributed by atoms with van der Waals surface area (Å²) < 4.78 is 5.46. The fourth-order valence-electron chi connectivity index (χ4n) is 1.63. The van der Waals surface area contributed by atoms with Crippen LogP contribution in [0.15, 0.2) is 18.2 Å². The maximum atomic E-state index is 11.9. The molecule has 1 rings (SSSR count). The number of halogens is 1. The Bertz CT molecular complexity index is 517. The molecule has 0 saturated carbocycles. The number of rotatable bonds is 6. The number of hydrogen-bond acceptors (Lipinski definition) is 4. The zero-order chi connectivity index (χ0) is 15.3. The molecule has 0 aliphatic carbocycles. The first kappa shape index (κ1) is 16.4. The van der Waals surface area contributed by atoms with Crippen molar-refractivity contribution >= 4 is 23.2 Å². The quantitative estimate of drug-likeness (QED) is 0.647. The zero-order valence-electron chi connectivity index (χ0n) is 11.6. The summed E-state index contributed by atoms with van der Waals surface area (Å²) in [6.07, 6.45) is 0. The molecular formula is C13H17ClN2O4. The van der Waals surface area contributed by atoms with E-state index in [0.717, 1.165) is 0 Å². The first-order valence-corrected chi connectivity index (χ1v) is 6.50. The Morgan fingerprint density at radius 1 is 1.50 bits per heavy atom. The predicted octanol–water partition coefficient (Wildman–Crippen LogP) is 2.79. The van der Waals surface area contributed by atoms with Gasteiger partial charge in [-0.3, -0.25) is 14.9 Å². The van der Waals surface area contributed by atoms with Crippen LogP contribution in [0.1, 0.15) is 31.1 Å². The molecule has 0 aliphatic rings. The van der Waals surface area contributed by atoms with E-state index < -0.39 is 10.5 Å². The number of benzene rings is 1. The molecule has 1 amide bonds. The van der Waals surface area contributed by atoms with Gasteiger partial charge >= 0.3 is 0 Å². The van der Waals surface area contributed by atoms with Crippen molar-refractivity contribution in [2.75, 3.05) is 13.2 Å². The lowest BCUT2D eigenvalue weighted by molar-refractivity contribution is -0.384. The third kappa shape index (κ3) is 4.47. The minimum atomic E-state index is -0.595. The third-order valence-electron chi connectivity index (χ3n) is 2.62. The molecule has 0 spiro atoms. The molecule has 20 heavy (non-hydrogen) atoms. The highest BCUT2D eigenvalue weighted by molar-refractivity contribution is 6.33. The van der Waals surface area contributed by atoms with Crippen LogP contribution in [0.25, 0.3) is 0 Å². The number of ether oxygens (including phenoxy) is 1. The lowest BCUT2D eigenvalue weighted by Gasteiger charge is -2.24. The van der Waals surface area contributed by atoms with E-state index in [1.165, 1.54) is 18.2 Å². The molecule has 0 fully saturated rings. The summed E-state index contributed by atoms with van der Waals surface area (Å²) in [5.74, 6) is -0.352. The second kappa shape index (κ2) is 6.67. The second-order valence-corrected chi connectivity index (χ2v) is 5.21. The van der Waals surface area contributed by atoms with Gasteiger partial charge in [-0.2, -0.15) is 0 Å². The summed E-state index contributed by atoms with van der Waals surface area (Å²) >= 11 is 5.76. The van der Waals surface area contributed by atoms with Gasteiger partial charge in [0, 0.05) is 24.8 Å². The summed E-state index contributed by atoms with van der Waals surface area (Å²) in [5, 5.41) is 13.3. The molecule has 1 aromatic carbocycles. The van der Waals surface area contributed by atoms with Gasteiger partial charge in [-0.15, -0.1) is 0 Å². The van der Waals surface area contributed by atoms with Crippen molar-refractivity contribution in [3.8, 4) is 0 Å². The largest absolute Gasteiger partial charge is 0.374 e. The first-order chi connectivity index (χ1) is 9.26. The number of nitrogens with one attached hydrogen (secondary N) is 1. The summed E-state index contributed by atoms with van der Waals surface area (Å²) in [6, 6.07) is 3.86. The lowest BCUT2D eigenvalue weighted by Crippen LogP contribution is -2.40. The van der Waals surface area contributed by atoms with Gasteiger partial charge in [-0.25, -0.2) is 0 Å². The summed E-state index contributed by atoms with van der Waals surface area (Å²) in [7, 11) is 0. The Hall–Kier alpha value is -1.66. The molecule has 1 N–H and O–H groups in total. The van der Waals surface area contributed by atoms with Crippen LogP contribution in [0.2, 0.25) is 5.02 Å². The normalized spacial score (nSPS) is 11.2.